The van der Waals surface area contributed by atoms with E-state index in [4.69, 9.17) is 0 Å². The van der Waals surface area contributed by atoms with Gasteiger partial charge in [-0.3, -0.25) is 0 Å². The molecule has 0 fully saturated rings. The third-order valence-corrected chi connectivity index (χ3v) is 1.87. The Morgan fingerprint density at radius 3 is 2.70 bits per heavy atom. The molecule has 0 amide bonds. The zero-order valence-corrected chi connectivity index (χ0v) is 7.22. The quantitative estimate of drug-likeness (QED) is 0.611. The second-order valence-electron chi connectivity index (χ2n) is 2.29. The maximum Gasteiger partial charge on any atom is 0.186 e. The van der Waals surface area contributed by atoms with Gasteiger partial charge < -0.3 is 0 Å². The van der Waals surface area contributed by atoms with Crippen LogP contribution in [0.3, 0.4) is 0 Å². The Labute approximate surface area is 64.8 Å². The minimum atomic E-state index is 0.407. The van der Waals surface area contributed by atoms with E-state index < -0.39 is 0 Å². The largest absolute Gasteiger partial charge is 0.238 e. The maximum absolute atomic E-state index is 4.07. The van der Waals surface area contributed by atoms with Crippen LogP contribution >= 0.6 is 11.8 Å². The molecule has 0 N–H and O–H groups in total. The van der Waals surface area contributed by atoms with E-state index in [0.29, 0.717) is 6.04 Å². The average Bonchev–Trinajstić information content (AvgIpc) is 2.33. The molecule has 4 heteroatoms. The molecular formula is C6H11N3S. The fourth-order valence-corrected chi connectivity index (χ4v) is 1.34. The fourth-order valence-electron chi connectivity index (χ4n) is 0.740. The summed E-state index contributed by atoms with van der Waals surface area (Å²) in [6.45, 7) is 4.18. The van der Waals surface area contributed by atoms with Crippen LogP contribution in [0.25, 0.3) is 0 Å². The monoisotopic (exact) mass is 157 g/mol. The number of aromatic nitrogens is 3. The molecule has 0 saturated heterocycles. The van der Waals surface area contributed by atoms with Gasteiger partial charge in [0.1, 0.15) is 6.33 Å². The Morgan fingerprint density at radius 2 is 2.30 bits per heavy atom. The molecule has 0 aliphatic rings. The Bertz CT molecular complexity index is 207. The van der Waals surface area contributed by atoms with E-state index in [1.165, 1.54) is 0 Å². The topological polar surface area (TPSA) is 30.7 Å². The highest BCUT2D eigenvalue weighted by atomic mass is 32.2. The standard InChI is InChI=1S/C6H11N3S/c1-5(2)9-6(10-3)7-4-8-9/h4-5H,1-3H3. The van der Waals surface area contributed by atoms with Crippen molar-refractivity contribution in [2.75, 3.05) is 6.26 Å². The Kier molecular flexibility index (Phi) is 2.32. The molecule has 1 aromatic heterocycles. The van der Waals surface area contributed by atoms with Gasteiger partial charge in [0.2, 0.25) is 0 Å². The van der Waals surface area contributed by atoms with Crippen molar-refractivity contribution in [2.45, 2.75) is 25.0 Å². The van der Waals surface area contributed by atoms with Crippen LogP contribution in [0.2, 0.25) is 0 Å². The highest BCUT2D eigenvalue weighted by Crippen LogP contribution is 2.13. The molecule has 0 aliphatic carbocycles. The normalized spacial score (nSPS) is 10.8. The van der Waals surface area contributed by atoms with Gasteiger partial charge in [-0.15, -0.1) is 0 Å². The van der Waals surface area contributed by atoms with E-state index >= 15 is 0 Å². The molecule has 0 aliphatic heterocycles. The number of thioether (sulfide) groups is 1. The molecule has 0 radical (unpaired) electrons. The number of rotatable bonds is 2. The SMILES string of the molecule is CSc1ncnn1C(C)C. The molecule has 1 rings (SSSR count). The molecule has 0 saturated carbocycles. The van der Waals surface area contributed by atoms with Crippen LogP contribution in [0.4, 0.5) is 0 Å². The summed E-state index contributed by atoms with van der Waals surface area (Å²) in [6.07, 6.45) is 3.59. The van der Waals surface area contributed by atoms with Crippen LogP contribution in [0.5, 0.6) is 0 Å². The van der Waals surface area contributed by atoms with E-state index in [0.717, 1.165) is 5.16 Å². The lowest BCUT2D eigenvalue weighted by molar-refractivity contribution is 0.487. The number of hydrogen-bond acceptors (Lipinski definition) is 3. The number of nitrogens with zero attached hydrogens (tertiary/aromatic N) is 3. The third kappa shape index (κ3) is 1.31. The highest BCUT2D eigenvalue weighted by molar-refractivity contribution is 7.98. The molecule has 56 valence electrons. The van der Waals surface area contributed by atoms with Gasteiger partial charge in [-0.1, -0.05) is 11.8 Å². The Hall–Kier alpha value is -0.510. The first-order valence-corrected chi connectivity index (χ1v) is 4.41. The first-order valence-electron chi connectivity index (χ1n) is 3.19. The van der Waals surface area contributed by atoms with Crippen LogP contribution in [0.1, 0.15) is 19.9 Å². The average molecular weight is 157 g/mol. The van der Waals surface area contributed by atoms with Crippen LogP contribution in [0.15, 0.2) is 11.5 Å². The molecule has 1 aromatic rings. The van der Waals surface area contributed by atoms with Crippen LogP contribution < -0.4 is 0 Å². The third-order valence-electron chi connectivity index (χ3n) is 1.21. The summed E-state index contributed by atoms with van der Waals surface area (Å²) in [4.78, 5) is 4.07. The van der Waals surface area contributed by atoms with Crippen molar-refractivity contribution in [3.63, 3.8) is 0 Å². The lowest BCUT2D eigenvalue weighted by Crippen LogP contribution is -2.03. The van der Waals surface area contributed by atoms with Crippen molar-refractivity contribution < 1.29 is 0 Å². The molecule has 10 heavy (non-hydrogen) atoms. The lowest BCUT2D eigenvalue weighted by Gasteiger charge is -2.05. The van der Waals surface area contributed by atoms with Gasteiger partial charge >= 0.3 is 0 Å². The van der Waals surface area contributed by atoms with E-state index in [1.54, 1.807) is 18.1 Å². The summed E-state index contributed by atoms with van der Waals surface area (Å²) in [5.74, 6) is 0. The molecule has 0 bridgehead atoms. The van der Waals surface area contributed by atoms with Crippen molar-refractivity contribution >= 4 is 11.8 Å². The summed E-state index contributed by atoms with van der Waals surface area (Å²) in [6, 6.07) is 0.407. The Morgan fingerprint density at radius 1 is 1.60 bits per heavy atom. The van der Waals surface area contributed by atoms with Gasteiger partial charge in [0, 0.05) is 6.04 Å². The molecule has 0 unspecified atom stereocenters. The van der Waals surface area contributed by atoms with Gasteiger partial charge in [0.25, 0.3) is 0 Å². The highest BCUT2D eigenvalue weighted by Gasteiger charge is 2.04. The van der Waals surface area contributed by atoms with Gasteiger partial charge in [-0.25, -0.2) is 9.67 Å². The van der Waals surface area contributed by atoms with E-state index in [1.807, 2.05) is 10.9 Å². The minimum Gasteiger partial charge on any atom is -0.238 e. The summed E-state index contributed by atoms with van der Waals surface area (Å²) in [5.41, 5.74) is 0. The zero-order valence-electron chi connectivity index (χ0n) is 6.40. The lowest BCUT2D eigenvalue weighted by atomic mass is 10.4. The van der Waals surface area contributed by atoms with Gasteiger partial charge in [-0.05, 0) is 20.1 Å². The zero-order chi connectivity index (χ0) is 7.56. The second kappa shape index (κ2) is 3.05. The Balaban J connectivity index is 2.90. The second-order valence-corrected chi connectivity index (χ2v) is 3.06. The fraction of sp³-hybridized carbons (Fsp3) is 0.667. The summed E-state index contributed by atoms with van der Waals surface area (Å²) in [5, 5.41) is 5.05. The summed E-state index contributed by atoms with van der Waals surface area (Å²) < 4.78 is 1.91. The van der Waals surface area contributed by atoms with Crippen molar-refractivity contribution in [1.29, 1.82) is 0 Å². The first kappa shape index (κ1) is 7.60. The molecular weight excluding hydrogens is 146 g/mol. The van der Waals surface area contributed by atoms with Crippen LogP contribution in [-0.2, 0) is 0 Å². The molecule has 0 spiro atoms. The predicted molar refractivity (Wildman–Crippen MR) is 42.2 cm³/mol. The van der Waals surface area contributed by atoms with Crippen LogP contribution in [0, 0.1) is 0 Å². The van der Waals surface area contributed by atoms with E-state index in [9.17, 15) is 0 Å². The molecule has 0 aromatic carbocycles. The molecule has 0 atom stereocenters. The first-order chi connectivity index (χ1) is 4.75. The van der Waals surface area contributed by atoms with Gasteiger partial charge in [0.05, 0.1) is 0 Å². The van der Waals surface area contributed by atoms with Crippen molar-refractivity contribution in [3.05, 3.63) is 6.33 Å². The smallest absolute Gasteiger partial charge is 0.186 e. The van der Waals surface area contributed by atoms with Gasteiger partial charge in [0.15, 0.2) is 5.16 Å². The summed E-state index contributed by atoms with van der Waals surface area (Å²) in [7, 11) is 0. The van der Waals surface area contributed by atoms with Crippen molar-refractivity contribution in [1.82, 2.24) is 14.8 Å². The molecule has 1 heterocycles. The van der Waals surface area contributed by atoms with E-state index in [2.05, 4.69) is 23.9 Å². The van der Waals surface area contributed by atoms with Gasteiger partial charge in [-0.2, -0.15) is 5.10 Å². The summed E-state index contributed by atoms with van der Waals surface area (Å²) >= 11 is 1.62. The number of hydrogen-bond donors (Lipinski definition) is 0. The van der Waals surface area contributed by atoms with Crippen molar-refractivity contribution in [2.24, 2.45) is 0 Å². The maximum atomic E-state index is 4.07. The van der Waals surface area contributed by atoms with Crippen LogP contribution in [-0.4, -0.2) is 21.0 Å². The predicted octanol–water partition coefficient (Wildman–Crippen LogP) is 1.58. The molecule has 3 nitrogen and oxygen atoms in total. The minimum absolute atomic E-state index is 0.407. The van der Waals surface area contributed by atoms with E-state index in [-0.39, 0.29) is 0 Å². The van der Waals surface area contributed by atoms with Crippen molar-refractivity contribution in [3.8, 4) is 0 Å².